The first-order chi connectivity index (χ1) is 10.2. The molecule has 122 valence electrons. The lowest BCUT2D eigenvalue weighted by Gasteiger charge is -2.17. The molecule has 1 rings (SSSR count). The summed E-state index contributed by atoms with van der Waals surface area (Å²) in [6.07, 6.45) is 0.522. The van der Waals surface area contributed by atoms with Gasteiger partial charge >= 0.3 is 0 Å². The molecule has 0 aliphatic carbocycles. The third-order valence-electron chi connectivity index (χ3n) is 3.00. The van der Waals surface area contributed by atoms with Crippen molar-refractivity contribution in [1.29, 1.82) is 0 Å². The number of benzene rings is 1. The predicted molar refractivity (Wildman–Crippen MR) is 90.1 cm³/mol. The molecule has 0 saturated heterocycles. The molecule has 1 aromatic carbocycles. The molecule has 2 amide bonds. The van der Waals surface area contributed by atoms with Gasteiger partial charge in [0.05, 0.1) is 16.1 Å². The Kier molecular flexibility index (Phi) is 7.13. The third kappa shape index (κ3) is 5.83. The van der Waals surface area contributed by atoms with Crippen molar-refractivity contribution in [2.45, 2.75) is 39.3 Å². The van der Waals surface area contributed by atoms with Crippen LogP contribution >= 0.6 is 23.2 Å². The van der Waals surface area contributed by atoms with Crippen LogP contribution in [0.4, 0.5) is 5.69 Å². The Hall–Kier alpha value is -1.30. The Morgan fingerprint density at radius 1 is 1.14 bits per heavy atom. The van der Waals surface area contributed by atoms with Crippen LogP contribution < -0.4 is 16.4 Å². The molecule has 0 bridgehead atoms. The van der Waals surface area contributed by atoms with E-state index in [0.717, 1.165) is 0 Å². The molecule has 0 aromatic heterocycles. The van der Waals surface area contributed by atoms with Crippen LogP contribution in [-0.4, -0.2) is 23.9 Å². The number of amides is 2. The highest BCUT2D eigenvalue weighted by atomic mass is 35.5. The van der Waals surface area contributed by atoms with Gasteiger partial charge in [-0.1, -0.05) is 37.0 Å². The number of halogens is 2. The molecule has 0 unspecified atom stereocenters. The SMILES string of the molecule is CC(C)C[C@H](N)C(=O)NC(=O)[C@H](C)Nc1ccc(Cl)c(Cl)c1. The molecular weight excluding hydrogens is 325 g/mol. The number of hydrogen-bond acceptors (Lipinski definition) is 4. The molecule has 1 aromatic rings. The first-order valence-electron chi connectivity index (χ1n) is 7.02. The molecule has 0 radical (unpaired) electrons. The molecule has 0 aliphatic rings. The minimum Gasteiger partial charge on any atom is -0.374 e. The van der Waals surface area contributed by atoms with Gasteiger partial charge in [-0.2, -0.15) is 0 Å². The van der Waals surface area contributed by atoms with E-state index in [2.05, 4.69) is 10.6 Å². The van der Waals surface area contributed by atoms with Gasteiger partial charge in [-0.05, 0) is 37.5 Å². The van der Waals surface area contributed by atoms with E-state index < -0.39 is 23.9 Å². The molecule has 2 atom stereocenters. The summed E-state index contributed by atoms with van der Waals surface area (Å²) in [6, 6.07) is 3.62. The van der Waals surface area contributed by atoms with Gasteiger partial charge in [0.15, 0.2) is 0 Å². The number of nitrogens with one attached hydrogen (secondary N) is 2. The summed E-state index contributed by atoms with van der Waals surface area (Å²) in [4.78, 5) is 23.8. The van der Waals surface area contributed by atoms with Crippen molar-refractivity contribution in [3.63, 3.8) is 0 Å². The van der Waals surface area contributed by atoms with Crippen molar-refractivity contribution in [3.05, 3.63) is 28.2 Å². The molecule has 5 nitrogen and oxygen atoms in total. The second kappa shape index (κ2) is 8.36. The van der Waals surface area contributed by atoms with Crippen LogP contribution in [0.15, 0.2) is 18.2 Å². The molecule has 0 heterocycles. The topological polar surface area (TPSA) is 84.2 Å². The largest absolute Gasteiger partial charge is 0.374 e. The molecule has 4 N–H and O–H groups in total. The van der Waals surface area contributed by atoms with Gasteiger partial charge in [0.2, 0.25) is 11.8 Å². The summed E-state index contributed by atoms with van der Waals surface area (Å²) in [5.74, 6) is -0.639. The van der Waals surface area contributed by atoms with E-state index in [1.54, 1.807) is 25.1 Å². The lowest BCUT2D eigenvalue weighted by atomic mass is 10.0. The fourth-order valence-corrected chi connectivity index (χ4v) is 2.14. The van der Waals surface area contributed by atoms with Gasteiger partial charge in [-0.25, -0.2) is 0 Å². The number of imide groups is 1. The summed E-state index contributed by atoms with van der Waals surface area (Å²) in [5, 5.41) is 6.07. The van der Waals surface area contributed by atoms with Crippen molar-refractivity contribution in [1.82, 2.24) is 5.32 Å². The maximum Gasteiger partial charge on any atom is 0.248 e. The third-order valence-corrected chi connectivity index (χ3v) is 3.74. The first-order valence-corrected chi connectivity index (χ1v) is 7.78. The molecule has 22 heavy (non-hydrogen) atoms. The summed E-state index contributed by atoms with van der Waals surface area (Å²) in [5.41, 5.74) is 6.37. The Morgan fingerprint density at radius 3 is 2.32 bits per heavy atom. The van der Waals surface area contributed by atoms with Crippen molar-refractivity contribution in [3.8, 4) is 0 Å². The van der Waals surface area contributed by atoms with Crippen molar-refractivity contribution >= 4 is 40.7 Å². The second-order valence-corrected chi connectivity index (χ2v) is 6.40. The average Bonchev–Trinajstić information content (AvgIpc) is 2.41. The van der Waals surface area contributed by atoms with E-state index in [-0.39, 0.29) is 5.92 Å². The summed E-state index contributed by atoms with van der Waals surface area (Å²) in [6.45, 7) is 5.56. The summed E-state index contributed by atoms with van der Waals surface area (Å²) < 4.78 is 0. The minimum atomic E-state index is -0.693. The van der Waals surface area contributed by atoms with E-state index in [1.807, 2.05) is 13.8 Å². The highest BCUT2D eigenvalue weighted by molar-refractivity contribution is 6.42. The lowest BCUT2D eigenvalue weighted by molar-refractivity contribution is -0.131. The number of hydrogen-bond donors (Lipinski definition) is 3. The highest BCUT2D eigenvalue weighted by Gasteiger charge is 2.20. The standard InChI is InChI=1S/C15H21Cl2N3O2/c1-8(2)6-13(18)15(22)20-14(21)9(3)19-10-4-5-11(16)12(17)7-10/h4-5,7-9,13,19H,6,18H2,1-3H3,(H,20,21,22)/t9-,13-/m0/s1. The average molecular weight is 346 g/mol. The normalized spacial score (nSPS) is 13.6. The minimum absolute atomic E-state index is 0.280. The fraction of sp³-hybridized carbons (Fsp3) is 0.467. The zero-order valence-electron chi connectivity index (χ0n) is 12.8. The highest BCUT2D eigenvalue weighted by Crippen LogP contribution is 2.25. The number of nitrogens with two attached hydrogens (primary N) is 1. The lowest BCUT2D eigenvalue weighted by Crippen LogP contribution is -2.48. The van der Waals surface area contributed by atoms with Crippen LogP contribution in [0.3, 0.4) is 0 Å². The van der Waals surface area contributed by atoms with Crippen molar-refractivity contribution in [2.24, 2.45) is 11.7 Å². The van der Waals surface area contributed by atoms with E-state index >= 15 is 0 Å². The Bertz CT molecular complexity index is 550. The van der Waals surface area contributed by atoms with E-state index in [0.29, 0.717) is 22.2 Å². The maximum absolute atomic E-state index is 12.0. The number of rotatable bonds is 6. The van der Waals surface area contributed by atoms with Crippen LogP contribution in [0.5, 0.6) is 0 Å². The Balaban J connectivity index is 2.57. The number of anilines is 1. The van der Waals surface area contributed by atoms with Gasteiger partial charge in [0, 0.05) is 5.69 Å². The Labute approximate surface area is 140 Å². The monoisotopic (exact) mass is 345 g/mol. The number of carbonyl (C=O) groups excluding carboxylic acids is 2. The van der Waals surface area contributed by atoms with Crippen molar-refractivity contribution < 1.29 is 9.59 Å². The van der Waals surface area contributed by atoms with Gasteiger partial charge in [-0.3, -0.25) is 14.9 Å². The fourth-order valence-electron chi connectivity index (χ4n) is 1.84. The van der Waals surface area contributed by atoms with Gasteiger partial charge in [-0.15, -0.1) is 0 Å². The number of carbonyl (C=O) groups is 2. The zero-order chi connectivity index (χ0) is 16.9. The van der Waals surface area contributed by atoms with Crippen LogP contribution in [-0.2, 0) is 9.59 Å². The van der Waals surface area contributed by atoms with Crippen LogP contribution in [0.1, 0.15) is 27.2 Å². The van der Waals surface area contributed by atoms with Gasteiger partial charge in [0.1, 0.15) is 6.04 Å². The summed E-state index contributed by atoms with van der Waals surface area (Å²) >= 11 is 11.7. The molecular formula is C15H21Cl2N3O2. The van der Waals surface area contributed by atoms with E-state index in [1.165, 1.54) is 0 Å². The van der Waals surface area contributed by atoms with Crippen LogP contribution in [0, 0.1) is 5.92 Å². The van der Waals surface area contributed by atoms with Gasteiger partial charge < -0.3 is 11.1 Å². The Morgan fingerprint density at radius 2 is 1.77 bits per heavy atom. The maximum atomic E-state index is 12.0. The molecule has 7 heteroatoms. The van der Waals surface area contributed by atoms with Crippen LogP contribution in [0.25, 0.3) is 0 Å². The van der Waals surface area contributed by atoms with E-state index in [9.17, 15) is 9.59 Å². The predicted octanol–water partition coefficient (Wildman–Crippen LogP) is 2.81. The zero-order valence-corrected chi connectivity index (χ0v) is 14.3. The van der Waals surface area contributed by atoms with Gasteiger partial charge in [0.25, 0.3) is 0 Å². The van der Waals surface area contributed by atoms with Crippen molar-refractivity contribution in [2.75, 3.05) is 5.32 Å². The molecule has 0 aliphatic heterocycles. The smallest absolute Gasteiger partial charge is 0.248 e. The molecule has 0 saturated carbocycles. The first kappa shape index (κ1) is 18.7. The second-order valence-electron chi connectivity index (χ2n) is 5.58. The van der Waals surface area contributed by atoms with Crippen LogP contribution in [0.2, 0.25) is 10.0 Å². The summed E-state index contributed by atoms with van der Waals surface area (Å²) in [7, 11) is 0. The molecule has 0 fully saturated rings. The van der Waals surface area contributed by atoms with E-state index in [4.69, 9.17) is 28.9 Å². The quantitative estimate of drug-likeness (QED) is 0.740. The molecule has 0 spiro atoms.